The molecule has 0 atom stereocenters. The predicted molar refractivity (Wildman–Crippen MR) is 143 cm³/mol. The van der Waals surface area contributed by atoms with Crippen LogP contribution >= 0.6 is 0 Å². The summed E-state index contributed by atoms with van der Waals surface area (Å²) in [5.41, 5.74) is 14.5. The maximum absolute atomic E-state index is 6.45. The van der Waals surface area contributed by atoms with Gasteiger partial charge in [-0.15, -0.1) is 0 Å². The van der Waals surface area contributed by atoms with Crippen molar-refractivity contribution in [3.8, 4) is 0 Å². The van der Waals surface area contributed by atoms with Gasteiger partial charge in [-0.05, 0) is 65.6 Å². The summed E-state index contributed by atoms with van der Waals surface area (Å²) in [5.74, 6) is 0. The molecule has 33 heavy (non-hydrogen) atoms. The van der Waals surface area contributed by atoms with E-state index in [1.807, 2.05) is 66.7 Å². The highest BCUT2D eigenvalue weighted by Crippen LogP contribution is 2.32. The Morgan fingerprint density at radius 1 is 0.667 bits per heavy atom. The molecule has 0 fully saturated rings. The maximum Gasteiger partial charge on any atom is 0.0629 e. The maximum atomic E-state index is 6.45. The number of rotatable bonds is 8. The molecule has 0 saturated carbocycles. The van der Waals surface area contributed by atoms with Crippen LogP contribution in [-0.4, -0.2) is 0 Å². The van der Waals surface area contributed by atoms with Crippen molar-refractivity contribution in [1.29, 1.82) is 0 Å². The third kappa shape index (κ3) is 5.92. The van der Waals surface area contributed by atoms with E-state index in [0.29, 0.717) is 0 Å². The van der Waals surface area contributed by atoms with Gasteiger partial charge in [0.25, 0.3) is 0 Å². The monoisotopic (exact) mass is 431 g/mol. The first-order valence-corrected chi connectivity index (χ1v) is 11.2. The molecule has 4 rings (SSSR count). The summed E-state index contributed by atoms with van der Waals surface area (Å²) in [6.07, 6.45) is 5.19. The molecule has 0 aromatic heterocycles. The average molecular weight is 432 g/mol. The summed E-state index contributed by atoms with van der Waals surface area (Å²) < 4.78 is 0. The Labute approximate surface area is 196 Å². The molecule has 3 nitrogen and oxygen atoms in total. The number of para-hydroxylation sites is 2. The zero-order valence-electron chi connectivity index (χ0n) is 18.8. The zero-order chi connectivity index (χ0) is 22.9. The van der Waals surface area contributed by atoms with Crippen molar-refractivity contribution in [2.75, 3.05) is 10.6 Å². The fourth-order valence-corrected chi connectivity index (χ4v) is 3.65. The van der Waals surface area contributed by atoms with Crippen LogP contribution in [0.25, 0.3) is 11.3 Å². The topological polar surface area (TPSA) is 50.1 Å². The van der Waals surface area contributed by atoms with E-state index in [1.165, 1.54) is 0 Å². The lowest BCUT2D eigenvalue weighted by Crippen LogP contribution is -2.00. The van der Waals surface area contributed by atoms with Crippen LogP contribution in [0.5, 0.6) is 0 Å². The van der Waals surface area contributed by atoms with Crippen LogP contribution in [0.2, 0.25) is 0 Å². The zero-order valence-corrected chi connectivity index (χ0v) is 18.8. The van der Waals surface area contributed by atoms with Crippen LogP contribution in [0.1, 0.15) is 24.5 Å². The first-order valence-electron chi connectivity index (χ1n) is 11.2. The lowest BCUT2D eigenvalue weighted by molar-refractivity contribution is 1.23. The summed E-state index contributed by atoms with van der Waals surface area (Å²) in [7, 11) is 0. The molecule has 164 valence electrons. The van der Waals surface area contributed by atoms with Crippen molar-refractivity contribution >= 4 is 34.0 Å². The lowest BCUT2D eigenvalue weighted by Gasteiger charge is -2.17. The molecule has 4 aromatic carbocycles. The van der Waals surface area contributed by atoms with Crippen LogP contribution < -0.4 is 16.4 Å². The standard InChI is InChI=1S/C30H29N3/c1-2-12-24(21-28(31)23-13-6-3-7-14-23)25-19-20-29(32-26-15-8-4-9-16-26)30(22-25)33-27-17-10-5-11-18-27/h3-22,32-33H,2,31H2,1H3/b24-12+,28-21-. The van der Waals surface area contributed by atoms with Crippen LogP contribution in [0, 0.1) is 0 Å². The number of nitrogens with one attached hydrogen (secondary N) is 2. The SMILES string of the molecule is CC/C=C(\C=C(/N)c1ccccc1)c1ccc(Nc2ccccc2)c(Nc2ccccc2)c1. The Kier molecular flexibility index (Phi) is 7.24. The Hall–Kier alpha value is -4.24. The van der Waals surface area contributed by atoms with E-state index in [1.54, 1.807) is 0 Å². The summed E-state index contributed by atoms with van der Waals surface area (Å²) in [4.78, 5) is 0. The molecule has 0 amide bonds. The molecule has 0 aliphatic heterocycles. The lowest BCUT2D eigenvalue weighted by atomic mass is 10.00. The van der Waals surface area contributed by atoms with Crippen LogP contribution in [0.3, 0.4) is 0 Å². The summed E-state index contributed by atoms with van der Waals surface area (Å²) >= 11 is 0. The summed E-state index contributed by atoms with van der Waals surface area (Å²) in [6.45, 7) is 2.14. The minimum absolute atomic E-state index is 0.749. The largest absolute Gasteiger partial charge is 0.398 e. The fraction of sp³-hybridized carbons (Fsp3) is 0.0667. The highest BCUT2D eigenvalue weighted by atomic mass is 15.0. The van der Waals surface area contributed by atoms with E-state index in [9.17, 15) is 0 Å². The third-order valence-electron chi connectivity index (χ3n) is 5.30. The van der Waals surface area contributed by atoms with Gasteiger partial charge in [0.2, 0.25) is 0 Å². The summed E-state index contributed by atoms with van der Waals surface area (Å²) in [5, 5.41) is 7.11. The van der Waals surface area contributed by atoms with Gasteiger partial charge in [0, 0.05) is 17.1 Å². The molecule has 0 aliphatic carbocycles. The van der Waals surface area contributed by atoms with Crippen LogP contribution in [0.4, 0.5) is 22.7 Å². The highest BCUT2D eigenvalue weighted by molar-refractivity contribution is 5.87. The van der Waals surface area contributed by atoms with Gasteiger partial charge in [-0.25, -0.2) is 0 Å². The van der Waals surface area contributed by atoms with Gasteiger partial charge in [0.15, 0.2) is 0 Å². The summed E-state index contributed by atoms with van der Waals surface area (Å²) in [6, 6.07) is 36.9. The second-order valence-electron chi connectivity index (χ2n) is 7.78. The first-order chi connectivity index (χ1) is 16.2. The Morgan fingerprint density at radius 3 is 1.79 bits per heavy atom. The molecule has 0 heterocycles. The molecule has 0 spiro atoms. The molecule has 0 aliphatic rings. The number of benzene rings is 4. The smallest absolute Gasteiger partial charge is 0.0629 e. The Bertz CT molecular complexity index is 1230. The molecule has 4 N–H and O–H groups in total. The molecule has 0 radical (unpaired) electrons. The molecule has 0 saturated heterocycles. The molecular weight excluding hydrogens is 402 g/mol. The normalized spacial score (nSPS) is 11.8. The molecule has 3 heteroatoms. The second-order valence-corrected chi connectivity index (χ2v) is 7.78. The first kappa shape index (κ1) is 22.0. The minimum atomic E-state index is 0.749. The quantitative estimate of drug-likeness (QED) is 0.248. The third-order valence-corrected chi connectivity index (χ3v) is 5.30. The van der Waals surface area contributed by atoms with Gasteiger partial charge in [-0.3, -0.25) is 0 Å². The van der Waals surface area contributed by atoms with Crippen molar-refractivity contribution in [1.82, 2.24) is 0 Å². The van der Waals surface area contributed by atoms with Crippen molar-refractivity contribution < 1.29 is 0 Å². The van der Waals surface area contributed by atoms with Crippen molar-refractivity contribution in [2.24, 2.45) is 5.73 Å². The van der Waals surface area contributed by atoms with Crippen molar-refractivity contribution in [3.63, 3.8) is 0 Å². The van der Waals surface area contributed by atoms with Gasteiger partial charge in [-0.1, -0.05) is 85.8 Å². The fourth-order valence-electron chi connectivity index (χ4n) is 3.65. The molecular formula is C30H29N3. The number of hydrogen-bond acceptors (Lipinski definition) is 3. The number of anilines is 4. The number of allylic oxidation sites excluding steroid dienone is 3. The van der Waals surface area contributed by atoms with Gasteiger partial charge in [-0.2, -0.15) is 0 Å². The van der Waals surface area contributed by atoms with Crippen LogP contribution in [0.15, 0.2) is 121 Å². The second kappa shape index (κ2) is 10.9. The Balaban J connectivity index is 1.72. The molecule has 0 bridgehead atoms. The van der Waals surface area contributed by atoms with E-state index in [2.05, 4.69) is 72.2 Å². The predicted octanol–water partition coefficient (Wildman–Crippen LogP) is 7.97. The van der Waals surface area contributed by atoms with Crippen molar-refractivity contribution in [2.45, 2.75) is 13.3 Å². The van der Waals surface area contributed by atoms with Gasteiger partial charge in [0.1, 0.15) is 0 Å². The van der Waals surface area contributed by atoms with E-state index < -0.39 is 0 Å². The van der Waals surface area contributed by atoms with E-state index in [4.69, 9.17) is 5.73 Å². The van der Waals surface area contributed by atoms with E-state index in [-0.39, 0.29) is 0 Å². The Morgan fingerprint density at radius 2 is 1.21 bits per heavy atom. The molecule has 4 aromatic rings. The molecule has 0 unspecified atom stereocenters. The van der Waals surface area contributed by atoms with Crippen molar-refractivity contribution in [3.05, 3.63) is 132 Å². The van der Waals surface area contributed by atoms with E-state index >= 15 is 0 Å². The average Bonchev–Trinajstić information content (AvgIpc) is 2.86. The van der Waals surface area contributed by atoms with Gasteiger partial charge >= 0.3 is 0 Å². The van der Waals surface area contributed by atoms with Gasteiger partial charge < -0.3 is 16.4 Å². The van der Waals surface area contributed by atoms with E-state index in [0.717, 1.165) is 51.6 Å². The minimum Gasteiger partial charge on any atom is -0.398 e. The highest BCUT2D eigenvalue weighted by Gasteiger charge is 2.09. The number of nitrogens with two attached hydrogens (primary N) is 1. The number of hydrogen-bond donors (Lipinski definition) is 3. The van der Waals surface area contributed by atoms with Crippen LogP contribution in [-0.2, 0) is 0 Å². The van der Waals surface area contributed by atoms with Gasteiger partial charge in [0.05, 0.1) is 11.4 Å².